The molecule has 1 N–H and O–H groups in total. The largest absolute Gasteiger partial charge is 0.454 e. The number of ether oxygens (including phenoxy) is 3. The summed E-state index contributed by atoms with van der Waals surface area (Å²) in [4.78, 5) is 13.9. The van der Waals surface area contributed by atoms with Gasteiger partial charge in [0.25, 0.3) is 0 Å². The molecule has 25 heavy (non-hydrogen) atoms. The summed E-state index contributed by atoms with van der Waals surface area (Å²) >= 11 is 0. The average molecular weight is 348 g/mol. The molecular weight excluding hydrogens is 320 g/mol. The van der Waals surface area contributed by atoms with Gasteiger partial charge in [-0.1, -0.05) is 6.07 Å². The number of nitrogens with one attached hydrogen (secondary N) is 1. The molecule has 2 aliphatic heterocycles. The Balaban J connectivity index is 1.49. The fourth-order valence-electron chi connectivity index (χ4n) is 3.19. The van der Waals surface area contributed by atoms with Crippen LogP contribution in [0, 0.1) is 0 Å². The van der Waals surface area contributed by atoms with E-state index in [1.165, 1.54) is 5.56 Å². The Morgan fingerprint density at radius 3 is 2.60 bits per heavy atom. The first-order chi connectivity index (χ1) is 11.8. The normalized spacial score (nSPS) is 19.0. The fraction of sp³-hybridized carbons (Fsp3) is 0.632. The van der Waals surface area contributed by atoms with Gasteiger partial charge in [0.05, 0.1) is 0 Å². The van der Waals surface area contributed by atoms with E-state index < -0.39 is 5.60 Å². The molecule has 6 heteroatoms. The van der Waals surface area contributed by atoms with Crippen LogP contribution >= 0.6 is 0 Å². The maximum absolute atomic E-state index is 12.1. The third-order valence-corrected chi connectivity index (χ3v) is 4.53. The summed E-state index contributed by atoms with van der Waals surface area (Å²) in [6.45, 7) is 9.58. The second-order valence-corrected chi connectivity index (χ2v) is 7.74. The molecular formula is C19H28N2O4. The van der Waals surface area contributed by atoms with Crippen LogP contribution in [-0.2, 0) is 4.74 Å². The Bertz CT molecular complexity index is 618. The minimum Gasteiger partial charge on any atom is -0.454 e. The topological polar surface area (TPSA) is 60.0 Å². The van der Waals surface area contributed by atoms with Gasteiger partial charge in [-0.3, -0.25) is 0 Å². The van der Waals surface area contributed by atoms with Gasteiger partial charge in [0.15, 0.2) is 11.5 Å². The van der Waals surface area contributed by atoms with Gasteiger partial charge in [0.2, 0.25) is 6.79 Å². The number of rotatable bonds is 3. The Labute approximate surface area is 149 Å². The minimum absolute atomic E-state index is 0.213. The molecule has 1 aromatic rings. The number of hydrogen-bond donors (Lipinski definition) is 1. The Morgan fingerprint density at radius 1 is 1.24 bits per heavy atom. The highest BCUT2D eigenvalue weighted by atomic mass is 16.7. The molecule has 2 aliphatic rings. The van der Waals surface area contributed by atoms with E-state index >= 15 is 0 Å². The van der Waals surface area contributed by atoms with Crippen molar-refractivity contribution in [3.05, 3.63) is 23.8 Å². The molecule has 0 bridgehead atoms. The van der Waals surface area contributed by atoms with Gasteiger partial charge in [0, 0.05) is 25.2 Å². The molecule has 0 saturated carbocycles. The van der Waals surface area contributed by atoms with Crippen molar-refractivity contribution < 1.29 is 19.0 Å². The Kier molecular flexibility index (Phi) is 5.08. The van der Waals surface area contributed by atoms with E-state index in [2.05, 4.69) is 18.3 Å². The summed E-state index contributed by atoms with van der Waals surface area (Å²) in [7, 11) is 0. The molecule has 138 valence electrons. The Hall–Kier alpha value is -1.95. The Morgan fingerprint density at radius 2 is 1.92 bits per heavy atom. The molecule has 6 nitrogen and oxygen atoms in total. The second kappa shape index (κ2) is 7.12. The number of piperidine rings is 1. The molecule has 1 fully saturated rings. The number of nitrogens with zero attached hydrogens (tertiary/aromatic N) is 1. The highest BCUT2D eigenvalue weighted by Crippen LogP contribution is 2.34. The lowest BCUT2D eigenvalue weighted by Gasteiger charge is -2.35. The van der Waals surface area contributed by atoms with E-state index in [1.807, 2.05) is 32.9 Å². The highest BCUT2D eigenvalue weighted by Gasteiger charge is 2.27. The van der Waals surface area contributed by atoms with Crippen molar-refractivity contribution in [2.24, 2.45) is 0 Å². The van der Waals surface area contributed by atoms with Crippen molar-refractivity contribution in [2.75, 3.05) is 19.9 Å². The maximum atomic E-state index is 12.1. The van der Waals surface area contributed by atoms with Crippen LogP contribution < -0.4 is 14.8 Å². The number of amides is 1. The van der Waals surface area contributed by atoms with E-state index in [9.17, 15) is 4.79 Å². The van der Waals surface area contributed by atoms with Crippen molar-refractivity contribution in [3.8, 4) is 11.5 Å². The predicted molar refractivity (Wildman–Crippen MR) is 94.9 cm³/mol. The summed E-state index contributed by atoms with van der Waals surface area (Å²) in [5, 5.41) is 3.66. The number of benzene rings is 1. The minimum atomic E-state index is -0.444. The molecule has 3 rings (SSSR count). The van der Waals surface area contributed by atoms with Crippen molar-refractivity contribution in [2.45, 2.75) is 58.2 Å². The van der Waals surface area contributed by atoms with Crippen molar-refractivity contribution in [1.29, 1.82) is 0 Å². The predicted octanol–water partition coefficient (Wildman–Crippen LogP) is 3.47. The standard InChI is InChI=1S/C19H28N2O4/c1-13(14-5-6-16-17(11-14)24-12-23-16)20-15-7-9-21(10-8-15)18(22)25-19(2,3)4/h5-6,11,13,15,20H,7-10,12H2,1-4H3. The van der Waals surface area contributed by atoms with Gasteiger partial charge >= 0.3 is 6.09 Å². The summed E-state index contributed by atoms with van der Waals surface area (Å²) in [5.74, 6) is 1.62. The van der Waals surface area contributed by atoms with Crippen LogP contribution in [0.15, 0.2) is 18.2 Å². The summed E-state index contributed by atoms with van der Waals surface area (Å²) < 4.78 is 16.3. The molecule has 2 heterocycles. The van der Waals surface area contributed by atoms with Crippen molar-refractivity contribution >= 4 is 6.09 Å². The fourth-order valence-corrected chi connectivity index (χ4v) is 3.19. The monoisotopic (exact) mass is 348 g/mol. The van der Waals surface area contributed by atoms with E-state index in [4.69, 9.17) is 14.2 Å². The van der Waals surface area contributed by atoms with Gasteiger partial charge in [-0.15, -0.1) is 0 Å². The number of hydrogen-bond acceptors (Lipinski definition) is 5. The van der Waals surface area contributed by atoms with Gasteiger partial charge in [-0.25, -0.2) is 4.79 Å². The molecule has 1 saturated heterocycles. The highest BCUT2D eigenvalue weighted by molar-refractivity contribution is 5.68. The van der Waals surface area contributed by atoms with Crippen LogP contribution in [0.2, 0.25) is 0 Å². The van der Waals surface area contributed by atoms with E-state index in [1.54, 1.807) is 4.90 Å². The maximum Gasteiger partial charge on any atom is 0.410 e. The molecule has 1 amide bonds. The van der Waals surface area contributed by atoms with Crippen molar-refractivity contribution in [3.63, 3.8) is 0 Å². The molecule has 0 aliphatic carbocycles. The van der Waals surface area contributed by atoms with Gasteiger partial charge in [-0.05, 0) is 58.2 Å². The zero-order valence-electron chi connectivity index (χ0n) is 15.5. The van der Waals surface area contributed by atoms with Crippen LogP contribution in [0.3, 0.4) is 0 Å². The lowest BCUT2D eigenvalue weighted by Crippen LogP contribution is -2.46. The molecule has 0 spiro atoms. The van der Waals surface area contributed by atoms with E-state index in [0.29, 0.717) is 12.8 Å². The first-order valence-electron chi connectivity index (χ1n) is 8.95. The average Bonchev–Trinajstić information content (AvgIpc) is 3.01. The van der Waals surface area contributed by atoms with Crippen LogP contribution in [0.1, 0.15) is 52.1 Å². The third-order valence-electron chi connectivity index (χ3n) is 4.53. The van der Waals surface area contributed by atoms with Gasteiger partial charge in [0.1, 0.15) is 5.60 Å². The zero-order chi connectivity index (χ0) is 18.0. The smallest absolute Gasteiger partial charge is 0.410 e. The van der Waals surface area contributed by atoms with Gasteiger partial charge in [-0.2, -0.15) is 0 Å². The van der Waals surface area contributed by atoms with Gasteiger partial charge < -0.3 is 24.4 Å². The van der Waals surface area contributed by atoms with Crippen LogP contribution in [-0.4, -0.2) is 42.5 Å². The van der Waals surface area contributed by atoms with Crippen LogP contribution in [0.4, 0.5) is 4.79 Å². The first-order valence-corrected chi connectivity index (χ1v) is 8.95. The summed E-state index contributed by atoms with van der Waals surface area (Å²) in [6.07, 6.45) is 1.64. The van der Waals surface area contributed by atoms with E-state index in [-0.39, 0.29) is 12.1 Å². The third kappa shape index (κ3) is 4.57. The molecule has 0 radical (unpaired) electrons. The summed E-state index contributed by atoms with van der Waals surface area (Å²) in [5.41, 5.74) is 0.735. The lowest BCUT2D eigenvalue weighted by molar-refractivity contribution is 0.0196. The second-order valence-electron chi connectivity index (χ2n) is 7.74. The number of carbonyl (C=O) groups excluding carboxylic acids is 1. The molecule has 1 aromatic carbocycles. The van der Waals surface area contributed by atoms with Crippen LogP contribution in [0.5, 0.6) is 11.5 Å². The lowest BCUT2D eigenvalue weighted by atomic mass is 10.0. The zero-order valence-corrected chi connectivity index (χ0v) is 15.5. The van der Waals surface area contributed by atoms with Crippen LogP contribution in [0.25, 0.3) is 0 Å². The number of likely N-dealkylation sites (tertiary alicyclic amines) is 1. The molecule has 0 aromatic heterocycles. The quantitative estimate of drug-likeness (QED) is 0.906. The SMILES string of the molecule is CC(NC1CCN(C(=O)OC(C)(C)C)CC1)c1ccc2c(c1)OCO2. The first kappa shape index (κ1) is 17.9. The molecule has 1 atom stereocenters. The molecule has 1 unspecified atom stereocenters. The number of carbonyl (C=O) groups is 1. The number of fused-ring (bicyclic) bond motifs is 1. The van der Waals surface area contributed by atoms with E-state index in [0.717, 1.165) is 37.4 Å². The van der Waals surface area contributed by atoms with Crippen molar-refractivity contribution in [1.82, 2.24) is 10.2 Å². The summed E-state index contributed by atoms with van der Waals surface area (Å²) in [6, 6.07) is 6.67.